The number of nitrogens with zero attached hydrogens (tertiary/aromatic N) is 3. The predicted octanol–water partition coefficient (Wildman–Crippen LogP) is 4.85. The Kier molecular flexibility index (Phi) is 5.05. The van der Waals surface area contributed by atoms with Crippen LogP contribution in [0.2, 0.25) is 0 Å². The van der Waals surface area contributed by atoms with Crippen molar-refractivity contribution in [3.63, 3.8) is 0 Å². The molecule has 1 aromatic carbocycles. The molecule has 3 rings (SSSR count). The molecule has 2 heterocycles. The highest BCUT2D eigenvalue weighted by Gasteiger charge is 2.79. The monoisotopic (exact) mass is 416 g/mol. The van der Waals surface area contributed by atoms with Crippen molar-refractivity contribution in [2.75, 3.05) is 0 Å². The van der Waals surface area contributed by atoms with Crippen molar-refractivity contribution in [3.8, 4) is 18.2 Å². The number of alkyl halides is 3. The normalized spacial score (nSPS) is 31.9. The van der Waals surface area contributed by atoms with Gasteiger partial charge in [0.1, 0.15) is 6.10 Å². The highest BCUT2D eigenvalue weighted by atomic mass is 19.4. The maximum Gasteiger partial charge on any atom is 0.416 e. The summed E-state index contributed by atoms with van der Waals surface area (Å²) in [6.07, 6.45) is -5.09. The number of ether oxygens (including phenoxy) is 2. The first kappa shape index (κ1) is 21.6. The Hall–Kier alpha value is -3.09. The molecule has 0 radical (unpaired) electrons. The van der Waals surface area contributed by atoms with Crippen LogP contribution in [-0.2, 0) is 15.7 Å². The molecule has 9 heteroatoms. The summed E-state index contributed by atoms with van der Waals surface area (Å²) in [6.45, 7) is 3.57. The van der Waals surface area contributed by atoms with Crippen LogP contribution in [0.5, 0.6) is 0 Å². The van der Waals surface area contributed by atoms with E-state index in [-0.39, 0.29) is 18.4 Å². The van der Waals surface area contributed by atoms with Gasteiger partial charge in [0.2, 0.25) is 17.1 Å². The molecule has 2 aliphatic heterocycles. The minimum Gasteiger partial charge on any atom is -0.447 e. The SMILES string of the molecule is CCCC12OC(=N)C(C#N)(C1CC)C(C#N)(C#N)C(c1cccc(C(F)(F)F)c1)O2. The maximum absolute atomic E-state index is 13.3. The molecule has 0 amide bonds. The minimum absolute atomic E-state index is 0.0686. The molecule has 6 nitrogen and oxygen atoms in total. The second-order valence-electron chi connectivity index (χ2n) is 7.53. The lowest BCUT2D eigenvalue weighted by atomic mass is 9.52. The predicted molar refractivity (Wildman–Crippen MR) is 97.2 cm³/mol. The van der Waals surface area contributed by atoms with Crippen LogP contribution in [0.4, 0.5) is 13.2 Å². The van der Waals surface area contributed by atoms with E-state index < -0.39 is 46.3 Å². The minimum atomic E-state index is -4.64. The van der Waals surface area contributed by atoms with E-state index in [0.717, 1.165) is 18.2 Å². The van der Waals surface area contributed by atoms with Crippen molar-refractivity contribution in [2.45, 2.75) is 51.2 Å². The summed E-state index contributed by atoms with van der Waals surface area (Å²) in [5.41, 5.74) is -5.28. The Bertz CT molecular complexity index is 989. The summed E-state index contributed by atoms with van der Waals surface area (Å²) < 4.78 is 51.7. The first-order chi connectivity index (χ1) is 14.1. The topological polar surface area (TPSA) is 114 Å². The number of nitriles is 3. The zero-order valence-electron chi connectivity index (χ0n) is 16.4. The van der Waals surface area contributed by atoms with Crippen molar-refractivity contribution >= 4 is 5.90 Å². The molecule has 2 aliphatic rings. The van der Waals surface area contributed by atoms with E-state index in [0.29, 0.717) is 6.42 Å². The molecular weight excluding hydrogens is 397 g/mol. The fraction of sp³-hybridized carbons (Fsp3) is 0.524. The van der Waals surface area contributed by atoms with E-state index in [2.05, 4.69) is 0 Å². The molecule has 0 aromatic heterocycles. The molecular formula is C21H19F3N4O2. The number of hydrogen-bond donors (Lipinski definition) is 1. The maximum atomic E-state index is 13.3. The van der Waals surface area contributed by atoms with Crippen LogP contribution >= 0.6 is 0 Å². The van der Waals surface area contributed by atoms with E-state index in [1.165, 1.54) is 6.07 Å². The molecule has 0 aliphatic carbocycles. The van der Waals surface area contributed by atoms with Gasteiger partial charge in [-0.15, -0.1) is 0 Å². The van der Waals surface area contributed by atoms with Crippen molar-refractivity contribution < 1.29 is 22.6 Å². The third-order valence-electron chi connectivity index (χ3n) is 6.07. The van der Waals surface area contributed by atoms with E-state index in [4.69, 9.17) is 14.9 Å². The zero-order valence-corrected chi connectivity index (χ0v) is 16.4. The first-order valence-corrected chi connectivity index (χ1v) is 9.49. The van der Waals surface area contributed by atoms with Gasteiger partial charge in [0.05, 0.1) is 29.7 Å². The van der Waals surface area contributed by atoms with Crippen LogP contribution in [-0.4, -0.2) is 11.7 Å². The van der Waals surface area contributed by atoms with Crippen molar-refractivity contribution in [2.24, 2.45) is 16.7 Å². The number of hydrogen-bond acceptors (Lipinski definition) is 6. The fourth-order valence-electron chi connectivity index (χ4n) is 4.85. The molecule has 1 N–H and O–H groups in total. The molecule has 1 aromatic rings. The van der Waals surface area contributed by atoms with Gasteiger partial charge in [0.25, 0.3) is 0 Å². The Balaban J connectivity index is 2.33. The lowest BCUT2D eigenvalue weighted by Crippen LogP contribution is -2.59. The second kappa shape index (κ2) is 7.00. The van der Waals surface area contributed by atoms with Gasteiger partial charge >= 0.3 is 6.18 Å². The molecule has 0 spiro atoms. The van der Waals surface area contributed by atoms with Crippen LogP contribution in [0.3, 0.4) is 0 Å². The van der Waals surface area contributed by atoms with Crippen LogP contribution in [0.25, 0.3) is 0 Å². The van der Waals surface area contributed by atoms with Gasteiger partial charge in [0, 0.05) is 6.42 Å². The van der Waals surface area contributed by atoms with E-state index >= 15 is 0 Å². The number of fused-ring (bicyclic) bond motifs is 2. The lowest BCUT2D eigenvalue weighted by Gasteiger charge is -2.49. The summed E-state index contributed by atoms with van der Waals surface area (Å²) >= 11 is 0. The average molecular weight is 416 g/mol. The Morgan fingerprint density at radius 3 is 2.30 bits per heavy atom. The van der Waals surface area contributed by atoms with Crippen LogP contribution in [0.15, 0.2) is 24.3 Å². The Morgan fingerprint density at radius 1 is 1.13 bits per heavy atom. The fourth-order valence-corrected chi connectivity index (χ4v) is 4.85. The number of rotatable bonds is 4. The third-order valence-corrected chi connectivity index (χ3v) is 6.07. The van der Waals surface area contributed by atoms with Crippen LogP contribution in [0, 0.1) is 56.2 Å². The molecule has 0 saturated carbocycles. The van der Waals surface area contributed by atoms with Gasteiger partial charge in [-0.2, -0.15) is 29.0 Å². The van der Waals surface area contributed by atoms with Gasteiger partial charge in [-0.3, -0.25) is 5.41 Å². The number of benzene rings is 1. The Morgan fingerprint density at radius 2 is 1.80 bits per heavy atom. The Labute approximate surface area is 171 Å². The molecule has 30 heavy (non-hydrogen) atoms. The summed E-state index contributed by atoms with van der Waals surface area (Å²) in [5, 5.41) is 38.7. The molecule has 156 valence electrons. The van der Waals surface area contributed by atoms with Gasteiger partial charge in [0.15, 0.2) is 5.41 Å². The summed E-state index contributed by atoms with van der Waals surface area (Å²) in [7, 11) is 0. The van der Waals surface area contributed by atoms with Gasteiger partial charge in [-0.1, -0.05) is 26.0 Å². The van der Waals surface area contributed by atoms with Gasteiger partial charge in [-0.25, -0.2) is 0 Å². The molecule has 4 unspecified atom stereocenters. The van der Waals surface area contributed by atoms with Crippen LogP contribution in [0.1, 0.15) is 50.3 Å². The third kappa shape index (κ3) is 2.54. The van der Waals surface area contributed by atoms with E-state index in [9.17, 15) is 29.0 Å². The smallest absolute Gasteiger partial charge is 0.416 e. The molecule has 2 bridgehead atoms. The first-order valence-electron chi connectivity index (χ1n) is 9.49. The second-order valence-corrected chi connectivity index (χ2v) is 7.53. The standard InChI is InChI=1S/C21H19F3N4O2/c1-3-8-20-15(4-2)19(12-27,17(28)30-20)18(10-25,11-26)16(29-20)13-6-5-7-14(9-13)21(22,23)24/h5-7,9,15-16,28H,3-4,8H2,1-2H3. The summed E-state index contributed by atoms with van der Waals surface area (Å²) in [5.74, 6) is -2.83. The van der Waals surface area contributed by atoms with E-state index in [1.54, 1.807) is 6.92 Å². The molecule has 4 atom stereocenters. The van der Waals surface area contributed by atoms with Crippen molar-refractivity contribution in [3.05, 3.63) is 35.4 Å². The lowest BCUT2D eigenvalue weighted by molar-refractivity contribution is -0.286. The summed E-state index contributed by atoms with van der Waals surface area (Å²) in [4.78, 5) is 0. The molecule has 2 saturated heterocycles. The zero-order chi connectivity index (χ0) is 22.4. The highest BCUT2D eigenvalue weighted by Crippen LogP contribution is 2.68. The van der Waals surface area contributed by atoms with Crippen molar-refractivity contribution in [1.29, 1.82) is 21.2 Å². The number of halogens is 3. The molecule has 2 fully saturated rings. The summed E-state index contributed by atoms with van der Waals surface area (Å²) in [6, 6.07) is 9.82. The largest absolute Gasteiger partial charge is 0.447 e. The quantitative estimate of drug-likeness (QED) is 0.754. The van der Waals surface area contributed by atoms with Crippen molar-refractivity contribution in [1.82, 2.24) is 0 Å². The number of nitrogens with one attached hydrogen (secondary N) is 1. The van der Waals surface area contributed by atoms with E-state index in [1.807, 2.05) is 25.1 Å². The van der Waals surface area contributed by atoms with Gasteiger partial charge < -0.3 is 9.47 Å². The van der Waals surface area contributed by atoms with Crippen LogP contribution < -0.4 is 0 Å². The average Bonchev–Trinajstić information content (AvgIpc) is 2.91. The highest BCUT2D eigenvalue weighted by molar-refractivity contribution is 5.89. The van der Waals surface area contributed by atoms with Gasteiger partial charge in [-0.05, 0) is 30.5 Å².